The first-order chi connectivity index (χ1) is 12.0. The van der Waals surface area contributed by atoms with Gasteiger partial charge in [-0.1, -0.05) is 44.2 Å². The van der Waals surface area contributed by atoms with Gasteiger partial charge < -0.3 is 10.1 Å². The minimum atomic E-state index is -0.965. The van der Waals surface area contributed by atoms with Crippen LogP contribution in [0.5, 0.6) is 0 Å². The fourth-order valence-corrected chi connectivity index (χ4v) is 2.17. The van der Waals surface area contributed by atoms with Crippen LogP contribution in [0.1, 0.15) is 53.1 Å². The van der Waals surface area contributed by atoms with Crippen molar-refractivity contribution in [1.82, 2.24) is 10.6 Å². The molecule has 0 radical (unpaired) electrons. The predicted molar refractivity (Wildman–Crippen MR) is 100 cm³/mol. The van der Waals surface area contributed by atoms with Crippen LogP contribution < -0.4 is 10.6 Å². The van der Waals surface area contributed by atoms with E-state index in [1.54, 1.807) is 39.8 Å². The Hall–Kier alpha value is -2.39. The largest absolute Gasteiger partial charge is 0.459 e. The van der Waals surface area contributed by atoms with Crippen LogP contribution in [-0.4, -0.2) is 29.6 Å². The number of amides is 1. The summed E-state index contributed by atoms with van der Waals surface area (Å²) >= 11 is 0. The lowest BCUT2D eigenvalue weighted by Crippen LogP contribution is -2.52. The molecule has 1 aromatic rings. The number of carbonyl (C=O) groups excluding carboxylic acids is 2. The summed E-state index contributed by atoms with van der Waals surface area (Å²) in [5.74, 6) is -0.858. The second kappa shape index (κ2) is 8.81. The zero-order valence-corrected chi connectivity index (χ0v) is 16.4. The van der Waals surface area contributed by atoms with Gasteiger partial charge in [-0.3, -0.25) is 10.1 Å². The molecule has 6 heteroatoms. The second-order valence-corrected chi connectivity index (χ2v) is 7.78. The monoisotopic (exact) mass is 359 g/mol. The molecule has 0 spiro atoms. The lowest BCUT2D eigenvalue weighted by atomic mass is 9.90. The van der Waals surface area contributed by atoms with Crippen LogP contribution in [0, 0.1) is 17.2 Å². The predicted octanol–water partition coefficient (Wildman–Crippen LogP) is 2.71. The maximum Gasteiger partial charge on any atom is 0.328 e. The number of ether oxygens (including phenoxy) is 1. The molecule has 2 N–H and O–H groups in total. The van der Waals surface area contributed by atoms with Gasteiger partial charge in [-0.15, -0.1) is 0 Å². The smallest absolute Gasteiger partial charge is 0.328 e. The summed E-state index contributed by atoms with van der Waals surface area (Å²) in [7, 11) is 0. The maximum absolute atomic E-state index is 12.6. The number of nitrogens with one attached hydrogen (secondary N) is 2. The molecule has 142 valence electrons. The molecule has 0 saturated carbocycles. The molecular weight excluding hydrogens is 330 g/mol. The Labute approximate surface area is 155 Å². The first kappa shape index (κ1) is 21.7. The Morgan fingerprint density at radius 1 is 1.15 bits per heavy atom. The molecule has 0 aliphatic carbocycles. The van der Waals surface area contributed by atoms with E-state index in [-0.39, 0.29) is 18.4 Å². The topological polar surface area (TPSA) is 91.2 Å². The van der Waals surface area contributed by atoms with Crippen LogP contribution in [0.3, 0.4) is 0 Å². The highest BCUT2D eigenvalue weighted by Gasteiger charge is 2.31. The van der Waals surface area contributed by atoms with Gasteiger partial charge in [0.1, 0.15) is 17.2 Å². The summed E-state index contributed by atoms with van der Waals surface area (Å²) in [6.45, 7) is 10.7. The third-order valence-electron chi connectivity index (χ3n) is 4.03. The van der Waals surface area contributed by atoms with Crippen LogP contribution in [0.2, 0.25) is 0 Å². The molecular formula is C20H29N3O3. The highest BCUT2D eigenvalue weighted by molar-refractivity contribution is 5.82. The van der Waals surface area contributed by atoms with Crippen molar-refractivity contribution in [3.05, 3.63) is 35.9 Å². The fourth-order valence-electron chi connectivity index (χ4n) is 2.17. The second-order valence-electron chi connectivity index (χ2n) is 7.78. The Morgan fingerprint density at radius 2 is 1.73 bits per heavy atom. The van der Waals surface area contributed by atoms with E-state index >= 15 is 0 Å². The minimum absolute atomic E-state index is 0.0489. The van der Waals surface area contributed by atoms with E-state index in [2.05, 4.69) is 16.7 Å². The molecule has 0 saturated heterocycles. The summed E-state index contributed by atoms with van der Waals surface area (Å²) in [5.41, 5.74) is -0.890. The Morgan fingerprint density at radius 3 is 2.19 bits per heavy atom. The Bertz CT molecular complexity index is 659. The van der Waals surface area contributed by atoms with Crippen molar-refractivity contribution < 1.29 is 14.3 Å². The average Bonchev–Trinajstić information content (AvgIpc) is 2.54. The first-order valence-electron chi connectivity index (χ1n) is 8.72. The Balaban J connectivity index is 2.86. The van der Waals surface area contributed by atoms with Gasteiger partial charge in [0.05, 0.1) is 12.6 Å². The SMILES string of the molecule is CC(C)[C@@](C)(C#N)NC(=O)CN[C@@H](C(=O)OC(C)(C)C)c1ccccc1. The van der Waals surface area contributed by atoms with Crippen molar-refractivity contribution in [2.75, 3.05) is 6.54 Å². The molecule has 0 heterocycles. The molecule has 26 heavy (non-hydrogen) atoms. The molecule has 0 fully saturated rings. The first-order valence-corrected chi connectivity index (χ1v) is 8.72. The van der Waals surface area contributed by atoms with Crippen molar-refractivity contribution in [3.8, 4) is 6.07 Å². The normalized spacial score (nSPS) is 14.8. The number of rotatable bonds is 7. The molecule has 1 amide bonds. The number of esters is 1. The quantitative estimate of drug-likeness (QED) is 0.731. The minimum Gasteiger partial charge on any atom is -0.459 e. The van der Waals surface area contributed by atoms with E-state index in [0.29, 0.717) is 5.56 Å². The third-order valence-corrected chi connectivity index (χ3v) is 4.03. The van der Waals surface area contributed by atoms with Crippen molar-refractivity contribution in [3.63, 3.8) is 0 Å². The Kier molecular flexibility index (Phi) is 7.34. The molecule has 0 aromatic heterocycles. The van der Waals surface area contributed by atoms with Gasteiger partial charge in [0.15, 0.2) is 0 Å². The standard InChI is InChI=1S/C20H29N3O3/c1-14(2)20(6,13-21)23-16(24)12-22-17(15-10-8-7-9-11-15)18(25)26-19(3,4)5/h7-11,14,17,22H,12H2,1-6H3,(H,23,24)/t17-,20-/m1/s1. The summed E-state index contributed by atoms with van der Waals surface area (Å²) in [6, 6.07) is 10.4. The van der Waals surface area contributed by atoms with Crippen LogP contribution >= 0.6 is 0 Å². The van der Waals surface area contributed by atoms with Gasteiger partial charge in [-0.2, -0.15) is 5.26 Å². The highest BCUT2D eigenvalue weighted by Crippen LogP contribution is 2.19. The van der Waals surface area contributed by atoms with E-state index in [0.717, 1.165) is 0 Å². The van der Waals surface area contributed by atoms with Gasteiger partial charge in [0.25, 0.3) is 0 Å². The number of hydrogen-bond donors (Lipinski definition) is 2. The summed E-state index contributed by atoms with van der Waals surface area (Å²) in [6.07, 6.45) is 0. The zero-order valence-electron chi connectivity index (χ0n) is 16.4. The van der Waals surface area contributed by atoms with Crippen molar-refractivity contribution in [2.24, 2.45) is 5.92 Å². The fraction of sp³-hybridized carbons (Fsp3) is 0.550. The third kappa shape index (κ3) is 6.49. The van der Waals surface area contributed by atoms with E-state index in [1.807, 2.05) is 32.0 Å². The number of carbonyl (C=O) groups is 2. The van der Waals surface area contributed by atoms with Crippen molar-refractivity contribution in [2.45, 2.75) is 58.7 Å². The molecule has 0 bridgehead atoms. The number of benzene rings is 1. The summed E-state index contributed by atoms with van der Waals surface area (Å²) in [5, 5.41) is 15.0. The van der Waals surface area contributed by atoms with Gasteiger partial charge in [0.2, 0.25) is 5.91 Å². The molecule has 2 atom stereocenters. The van der Waals surface area contributed by atoms with E-state index in [9.17, 15) is 14.9 Å². The highest BCUT2D eigenvalue weighted by atomic mass is 16.6. The van der Waals surface area contributed by atoms with Gasteiger partial charge in [-0.25, -0.2) is 4.79 Å². The van der Waals surface area contributed by atoms with Crippen molar-refractivity contribution in [1.29, 1.82) is 5.26 Å². The van der Waals surface area contributed by atoms with Crippen LogP contribution in [0.15, 0.2) is 30.3 Å². The lowest BCUT2D eigenvalue weighted by Gasteiger charge is -2.28. The molecule has 0 aliphatic heterocycles. The van der Waals surface area contributed by atoms with E-state index in [1.165, 1.54) is 0 Å². The van der Waals surface area contributed by atoms with Crippen LogP contribution in [0.25, 0.3) is 0 Å². The lowest BCUT2D eigenvalue weighted by molar-refractivity contribution is -0.157. The number of nitriles is 1. The molecule has 0 aliphatic rings. The summed E-state index contributed by atoms with van der Waals surface area (Å²) < 4.78 is 5.46. The molecule has 1 rings (SSSR count). The van der Waals surface area contributed by atoms with Gasteiger partial charge >= 0.3 is 5.97 Å². The summed E-state index contributed by atoms with van der Waals surface area (Å²) in [4.78, 5) is 24.8. The van der Waals surface area contributed by atoms with Gasteiger partial charge in [0, 0.05) is 0 Å². The number of hydrogen-bond acceptors (Lipinski definition) is 5. The molecule has 1 aromatic carbocycles. The van der Waals surface area contributed by atoms with Crippen LogP contribution in [0.4, 0.5) is 0 Å². The van der Waals surface area contributed by atoms with Crippen LogP contribution in [-0.2, 0) is 14.3 Å². The average molecular weight is 359 g/mol. The van der Waals surface area contributed by atoms with E-state index in [4.69, 9.17) is 4.74 Å². The van der Waals surface area contributed by atoms with Crippen molar-refractivity contribution >= 4 is 11.9 Å². The maximum atomic E-state index is 12.6. The van der Waals surface area contributed by atoms with E-state index < -0.39 is 23.2 Å². The zero-order chi connectivity index (χ0) is 20.0. The molecule has 6 nitrogen and oxygen atoms in total. The molecule has 0 unspecified atom stereocenters. The van der Waals surface area contributed by atoms with Gasteiger partial charge in [-0.05, 0) is 39.2 Å². The number of nitrogens with zero attached hydrogens (tertiary/aromatic N) is 1.